The zero-order chi connectivity index (χ0) is 13.3. The number of halogens is 3. The van der Waals surface area contributed by atoms with Gasteiger partial charge in [-0.15, -0.1) is 0 Å². The Bertz CT molecular complexity index is 504. The first-order chi connectivity index (χ1) is 7.72. The van der Waals surface area contributed by atoms with Gasteiger partial charge < -0.3 is 5.11 Å². The summed E-state index contributed by atoms with van der Waals surface area (Å²) in [6.45, 7) is 1.54. The summed E-state index contributed by atoms with van der Waals surface area (Å²) in [5.74, 6) is -0.0567. The Balaban J connectivity index is 3.17. The van der Waals surface area contributed by atoms with Gasteiger partial charge in [0, 0.05) is 10.8 Å². The van der Waals surface area contributed by atoms with E-state index in [0.717, 1.165) is 0 Å². The second-order valence-electron chi connectivity index (χ2n) is 3.42. The van der Waals surface area contributed by atoms with E-state index in [9.17, 15) is 13.5 Å². The molecule has 0 saturated heterocycles. The summed E-state index contributed by atoms with van der Waals surface area (Å²) in [6, 6.07) is 6.51. The van der Waals surface area contributed by atoms with Crippen LogP contribution in [0.5, 0.6) is 0 Å². The van der Waals surface area contributed by atoms with E-state index in [1.165, 1.54) is 6.92 Å². The molecule has 0 aromatic heterocycles. The number of aliphatic hydroxyl groups is 1. The van der Waals surface area contributed by atoms with Gasteiger partial charge in [-0.1, -0.05) is 46.6 Å². The summed E-state index contributed by atoms with van der Waals surface area (Å²) < 4.78 is 22.3. The fraction of sp³-hybridized carbons (Fsp3) is 0.400. The average Bonchev–Trinajstić information content (AvgIpc) is 2.27. The molecule has 3 nitrogen and oxygen atoms in total. The largest absolute Gasteiger partial charge is 0.385 e. The highest BCUT2D eigenvalue weighted by atomic mass is 127. The van der Waals surface area contributed by atoms with Crippen molar-refractivity contribution in [3.8, 4) is 0 Å². The zero-order valence-corrected chi connectivity index (χ0v) is 14.2. The highest BCUT2D eigenvalue weighted by Gasteiger charge is 2.45. The molecular weight excluding hydrogens is 442 g/mol. The number of benzene rings is 1. The summed E-state index contributed by atoms with van der Waals surface area (Å²) >= 11 is 10.6. The summed E-state index contributed by atoms with van der Waals surface area (Å²) in [4.78, 5) is 0. The van der Waals surface area contributed by atoms with Crippen molar-refractivity contribution in [2.45, 2.75) is 14.7 Å². The molecule has 0 fully saturated rings. The van der Waals surface area contributed by atoms with Crippen molar-refractivity contribution in [3.63, 3.8) is 0 Å². The predicted molar refractivity (Wildman–Crippen MR) is 81.6 cm³/mol. The average molecular weight is 454 g/mol. The van der Waals surface area contributed by atoms with Gasteiger partial charge in [0.2, 0.25) is 1.66 Å². The number of sulfone groups is 1. The lowest BCUT2D eigenvalue weighted by molar-refractivity contribution is 0.191. The molecule has 0 bridgehead atoms. The molecule has 0 aliphatic rings. The summed E-state index contributed by atoms with van der Waals surface area (Å²) in [5.41, 5.74) is 0.459. The molecular formula is C10H11BrClIO3S. The number of rotatable bonds is 4. The standard InChI is InChI=1S/C10H11BrClIO3S/c1-2-17(15,16)10(11,13)9(14)7-4-3-5-8(12)6-7/h3-6,9,14H,2H2,1H3/t9-,10+/m1/s1. The molecule has 96 valence electrons. The van der Waals surface area contributed by atoms with Gasteiger partial charge >= 0.3 is 0 Å². The molecule has 0 amide bonds. The van der Waals surface area contributed by atoms with Gasteiger partial charge in [0.25, 0.3) is 0 Å². The molecule has 7 heteroatoms. The molecule has 0 aliphatic heterocycles. The Morgan fingerprint density at radius 1 is 1.59 bits per heavy atom. The topological polar surface area (TPSA) is 54.4 Å². The summed E-state index contributed by atoms with van der Waals surface area (Å²) in [6.07, 6.45) is -1.19. The number of alkyl halides is 2. The van der Waals surface area contributed by atoms with Crippen molar-refractivity contribution >= 4 is 60.0 Å². The van der Waals surface area contributed by atoms with Crippen LogP contribution in [0.3, 0.4) is 0 Å². The minimum atomic E-state index is -3.45. The lowest BCUT2D eigenvalue weighted by atomic mass is 10.1. The van der Waals surface area contributed by atoms with Crippen molar-refractivity contribution in [2.24, 2.45) is 0 Å². The first kappa shape index (κ1) is 15.7. The number of hydrogen-bond donors (Lipinski definition) is 1. The second kappa shape index (κ2) is 5.73. The smallest absolute Gasteiger partial charge is 0.207 e. The van der Waals surface area contributed by atoms with Gasteiger partial charge in [0.1, 0.15) is 6.10 Å². The van der Waals surface area contributed by atoms with E-state index in [-0.39, 0.29) is 5.75 Å². The first-order valence-electron chi connectivity index (χ1n) is 4.76. The van der Waals surface area contributed by atoms with Gasteiger partial charge in [-0.05, 0) is 40.3 Å². The minimum absolute atomic E-state index is 0.0567. The van der Waals surface area contributed by atoms with Crippen LogP contribution >= 0.6 is 50.1 Å². The molecule has 0 unspecified atom stereocenters. The Morgan fingerprint density at radius 2 is 2.18 bits per heavy atom. The third-order valence-corrected chi connectivity index (χ3v) is 8.84. The Kier molecular flexibility index (Phi) is 5.29. The van der Waals surface area contributed by atoms with E-state index in [1.54, 1.807) is 46.9 Å². The molecule has 0 radical (unpaired) electrons. The SMILES string of the molecule is CCS(=O)(=O)[C@@](Br)(I)[C@H](O)c1cccc(Cl)c1. The van der Waals surface area contributed by atoms with Crippen molar-refractivity contribution in [1.82, 2.24) is 0 Å². The second-order valence-corrected chi connectivity index (χ2v) is 12.0. The fourth-order valence-electron chi connectivity index (χ4n) is 1.23. The zero-order valence-electron chi connectivity index (χ0n) is 8.90. The predicted octanol–water partition coefficient (Wildman–Crippen LogP) is 3.29. The van der Waals surface area contributed by atoms with Crippen LogP contribution in [0.4, 0.5) is 0 Å². The van der Waals surface area contributed by atoms with Gasteiger partial charge in [-0.2, -0.15) is 0 Å². The lowest BCUT2D eigenvalue weighted by Gasteiger charge is -2.26. The number of aliphatic hydroxyl groups excluding tert-OH is 1. The van der Waals surface area contributed by atoms with Crippen LogP contribution in [0.2, 0.25) is 5.02 Å². The summed E-state index contributed by atoms with van der Waals surface area (Å²) in [5, 5.41) is 10.6. The van der Waals surface area contributed by atoms with Crippen molar-refractivity contribution in [3.05, 3.63) is 34.9 Å². The maximum absolute atomic E-state index is 11.9. The molecule has 0 heterocycles. The summed E-state index contributed by atoms with van der Waals surface area (Å²) in [7, 11) is -3.45. The minimum Gasteiger partial charge on any atom is -0.385 e. The van der Waals surface area contributed by atoms with Crippen LogP contribution in [0, 0.1) is 0 Å². The van der Waals surface area contributed by atoms with Gasteiger partial charge in [0.15, 0.2) is 9.84 Å². The van der Waals surface area contributed by atoms with Crippen LogP contribution in [-0.2, 0) is 9.84 Å². The van der Waals surface area contributed by atoms with Crippen molar-refractivity contribution in [2.75, 3.05) is 5.75 Å². The van der Waals surface area contributed by atoms with Crippen LogP contribution in [0.1, 0.15) is 18.6 Å². The van der Waals surface area contributed by atoms with Crippen LogP contribution in [-0.4, -0.2) is 20.9 Å². The monoisotopic (exact) mass is 452 g/mol. The lowest BCUT2D eigenvalue weighted by Crippen LogP contribution is -2.33. The maximum Gasteiger partial charge on any atom is 0.207 e. The molecule has 1 rings (SSSR count). The van der Waals surface area contributed by atoms with Crippen molar-refractivity contribution < 1.29 is 13.5 Å². The van der Waals surface area contributed by atoms with E-state index >= 15 is 0 Å². The van der Waals surface area contributed by atoms with E-state index in [4.69, 9.17) is 11.6 Å². The molecule has 0 aliphatic carbocycles. The van der Waals surface area contributed by atoms with Crippen molar-refractivity contribution in [1.29, 1.82) is 0 Å². The highest BCUT2D eigenvalue weighted by Crippen LogP contribution is 2.45. The first-order valence-corrected chi connectivity index (χ1v) is 8.66. The third-order valence-electron chi connectivity index (χ3n) is 2.28. The molecule has 1 N–H and O–H groups in total. The molecule has 17 heavy (non-hydrogen) atoms. The quantitative estimate of drug-likeness (QED) is 0.562. The Labute approximate surface area is 128 Å². The Hall–Kier alpha value is 0.630. The maximum atomic E-state index is 11.9. The molecule has 1 aromatic carbocycles. The molecule has 0 saturated carbocycles. The fourth-order valence-corrected chi connectivity index (χ4v) is 4.54. The third kappa shape index (κ3) is 3.34. The van der Waals surface area contributed by atoms with Crippen LogP contribution in [0.25, 0.3) is 0 Å². The van der Waals surface area contributed by atoms with E-state index in [1.807, 2.05) is 0 Å². The molecule has 2 atom stereocenters. The van der Waals surface area contributed by atoms with Gasteiger partial charge in [-0.25, -0.2) is 8.42 Å². The highest BCUT2D eigenvalue weighted by molar-refractivity contribution is 14.1. The van der Waals surface area contributed by atoms with E-state index in [0.29, 0.717) is 10.6 Å². The van der Waals surface area contributed by atoms with Crippen LogP contribution < -0.4 is 0 Å². The normalized spacial score (nSPS) is 17.5. The van der Waals surface area contributed by atoms with Gasteiger partial charge in [0.05, 0.1) is 0 Å². The van der Waals surface area contributed by atoms with Crippen LogP contribution in [0.15, 0.2) is 24.3 Å². The van der Waals surface area contributed by atoms with E-state index < -0.39 is 17.6 Å². The molecule has 1 aromatic rings. The number of hydrogen-bond acceptors (Lipinski definition) is 3. The van der Waals surface area contributed by atoms with Gasteiger partial charge in [-0.3, -0.25) is 0 Å². The Morgan fingerprint density at radius 3 is 2.65 bits per heavy atom. The molecule has 0 spiro atoms. The van der Waals surface area contributed by atoms with E-state index in [2.05, 4.69) is 15.9 Å².